The van der Waals surface area contributed by atoms with Crippen molar-refractivity contribution in [3.8, 4) is 0 Å². The van der Waals surface area contributed by atoms with Crippen molar-refractivity contribution in [2.45, 2.75) is 43.5 Å². The van der Waals surface area contributed by atoms with Crippen LogP contribution in [0, 0.1) is 0 Å². The Labute approximate surface area is 233 Å². The number of hydrogen-bond acceptors (Lipinski definition) is 2. The Hall–Kier alpha value is -3.30. The molecule has 0 saturated carbocycles. The number of alkyl halides is 12. The van der Waals surface area contributed by atoms with Crippen LogP contribution in [0.3, 0.4) is 0 Å². The lowest BCUT2D eigenvalue weighted by atomic mass is 9.93. The number of nitrogens with zero attached hydrogens (tertiary/aromatic N) is 1. The predicted octanol–water partition coefficient (Wildman–Crippen LogP) is 9.02. The number of benzene rings is 2. The molecule has 2 aromatic carbocycles. The minimum absolute atomic E-state index is 0.0246. The molecule has 0 fully saturated rings. The van der Waals surface area contributed by atoms with E-state index >= 15 is 0 Å². The molecule has 0 N–H and O–H groups in total. The molecule has 1 atom stereocenters. The van der Waals surface area contributed by atoms with Crippen LogP contribution in [0.15, 0.2) is 42.5 Å². The van der Waals surface area contributed by atoms with E-state index in [0.717, 1.165) is 7.05 Å². The van der Waals surface area contributed by atoms with Crippen molar-refractivity contribution in [2.75, 3.05) is 13.6 Å². The van der Waals surface area contributed by atoms with Crippen molar-refractivity contribution in [2.24, 2.45) is 0 Å². The molecule has 3 nitrogen and oxygen atoms in total. The van der Waals surface area contributed by atoms with Gasteiger partial charge in [-0.25, -0.2) is 4.39 Å². The molecule has 0 aliphatic heterocycles. The van der Waals surface area contributed by atoms with Crippen LogP contribution in [0.2, 0.25) is 5.02 Å². The summed E-state index contributed by atoms with van der Waals surface area (Å²) >= 11 is 5.50. The highest BCUT2D eigenvalue weighted by molar-refractivity contribution is 6.30. The fourth-order valence-corrected chi connectivity index (χ4v) is 3.89. The van der Waals surface area contributed by atoms with E-state index in [9.17, 15) is 66.7 Å². The van der Waals surface area contributed by atoms with Crippen molar-refractivity contribution < 1.29 is 66.7 Å². The van der Waals surface area contributed by atoms with E-state index in [1.54, 1.807) is 0 Å². The van der Waals surface area contributed by atoms with Crippen molar-refractivity contribution >= 4 is 29.1 Å². The molecule has 0 aliphatic rings. The standard InChI is InChI=1S/C25H17ClF13NO2/c1-40(11-22(28,29)30)21(42)5-4-20(41)16-3-2-12(8-18(16)25(37,38)39)19(27)10-17(24(34,35)36)13-6-14(23(31,32)33)9-15(26)7-13/h2-3,6-10,17H,4-5,11H2,1H3/b19-10-. The van der Waals surface area contributed by atoms with Gasteiger partial charge in [0.25, 0.3) is 0 Å². The third-order valence-electron chi connectivity index (χ3n) is 5.58. The van der Waals surface area contributed by atoms with Crippen molar-refractivity contribution in [3.05, 3.63) is 75.3 Å². The Morgan fingerprint density at radius 2 is 1.45 bits per heavy atom. The average molecular weight is 646 g/mol. The van der Waals surface area contributed by atoms with Crippen LogP contribution in [0.25, 0.3) is 5.83 Å². The fraction of sp³-hybridized carbons (Fsp3) is 0.360. The van der Waals surface area contributed by atoms with Gasteiger partial charge < -0.3 is 4.90 Å². The van der Waals surface area contributed by atoms with Crippen LogP contribution >= 0.6 is 11.6 Å². The number of Topliss-reactive ketones (excluding diaryl/α,β-unsaturated/α-hetero) is 1. The number of carbonyl (C=O) groups is 2. The first-order chi connectivity index (χ1) is 18.9. The summed E-state index contributed by atoms with van der Waals surface area (Å²) in [7, 11) is 0.743. The molecule has 1 unspecified atom stereocenters. The van der Waals surface area contributed by atoms with E-state index in [1.165, 1.54) is 0 Å². The Balaban J connectivity index is 2.46. The van der Waals surface area contributed by atoms with Crippen LogP contribution < -0.4 is 0 Å². The van der Waals surface area contributed by atoms with E-state index in [4.69, 9.17) is 11.6 Å². The van der Waals surface area contributed by atoms with Gasteiger partial charge in [-0.2, -0.15) is 52.7 Å². The minimum atomic E-state index is -5.43. The summed E-state index contributed by atoms with van der Waals surface area (Å²) in [4.78, 5) is 24.4. The molecule has 42 heavy (non-hydrogen) atoms. The lowest BCUT2D eigenvalue weighted by molar-refractivity contribution is -0.158. The molecular weight excluding hydrogens is 629 g/mol. The van der Waals surface area contributed by atoms with E-state index in [2.05, 4.69) is 0 Å². The van der Waals surface area contributed by atoms with E-state index in [0.29, 0.717) is 24.3 Å². The Morgan fingerprint density at radius 3 is 1.95 bits per heavy atom. The van der Waals surface area contributed by atoms with E-state index in [-0.39, 0.29) is 23.1 Å². The number of amides is 1. The molecule has 0 bridgehead atoms. The maximum Gasteiger partial charge on any atom is 0.417 e. The molecule has 1 amide bonds. The summed E-state index contributed by atoms with van der Waals surface area (Å²) in [6.45, 7) is -1.69. The van der Waals surface area contributed by atoms with Crippen LogP contribution in [0.5, 0.6) is 0 Å². The zero-order valence-electron chi connectivity index (χ0n) is 20.8. The molecule has 0 aromatic heterocycles. The summed E-state index contributed by atoms with van der Waals surface area (Å²) in [5.41, 5.74) is -6.89. The lowest BCUT2D eigenvalue weighted by Crippen LogP contribution is -2.35. The Bertz CT molecular complexity index is 1340. The second-order valence-electron chi connectivity index (χ2n) is 8.85. The Morgan fingerprint density at radius 1 is 0.857 bits per heavy atom. The summed E-state index contributed by atoms with van der Waals surface area (Å²) in [5, 5.41) is -0.784. The lowest BCUT2D eigenvalue weighted by Gasteiger charge is -2.20. The van der Waals surface area contributed by atoms with E-state index < -0.39 is 100 Å². The Kier molecular flexibility index (Phi) is 10.4. The zero-order valence-corrected chi connectivity index (χ0v) is 21.6. The number of halogens is 14. The highest BCUT2D eigenvalue weighted by atomic mass is 35.5. The van der Waals surface area contributed by atoms with Gasteiger partial charge in [-0.1, -0.05) is 23.7 Å². The molecular formula is C25H17ClF13NO2. The SMILES string of the molecule is CN(CC(F)(F)F)C(=O)CCC(=O)c1ccc(/C(F)=C/C(c2cc(Cl)cc(C(F)(F)F)c2)C(F)(F)F)cc1C(F)(F)F. The van der Waals surface area contributed by atoms with Crippen molar-refractivity contribution in [1.29, 1.82) is 0 Å². The van der Waals surface area contributed by atoms with Gasteiger partial charge in [0, 0.05) is 36.0 Å². The molecule has 2 aromatic rings. The highest BCUT2D eigenvalue weighted by Crippen LogP contribution is 2.42. The fourth-order valence-electron chi connectivity index (χ4n) is 3.65. The molecule has 232 valence electrons. The first-order valence-corrected chi connectivity index (χ1v) is 11.6. The number of ketones is 1. The van der Waals surface area contributed by atoms with Gasteiger partial charge in [-0.05, 0) is 35.9 Å². The van der Waals surface area contributed by atoms with Crippen LogP contribution in [0.4, 0.5) is 57.1 Å². The molecule has 17 heteroatoms. The number of rotatable bonds is 8. The van der Waals surface area contributed by atoms with Gasteiger partial charge >= 0.3 is 24.7 Å². The van der Waals surface area contributed by atoms with Crippen LogP contribution in [-0.2, 0) is 17.1 Å². The summed E-state index contributed by atoms with van der Waals surface area (Å²) in [5.74, 6) is -7.65. The monoisotopic (exact) mass is 645 g/mol. The normalized spacial score (nSPS) is 14.1. The largest absolute Gasteiger partial charge is 0.417 e. The second kappa shape index (κ2) is 12.5. The second-order valence-corrected chi connectivity index (χ2v) is 9.29. The third-order valence-corrected chi connectivity index (χ3v) is 5.80. The minimum Gasteiger partial charge on any atom is -0.337 e. The van der Waals surface area contributed by atoms with Gasteiger partial charge in [0.05, 0.1) is 11.1 Å². The molecule has 0 heterocycles. The quantitative estimate of drug-likeness (QED) is 0.212. The van der Waals surface area contributed by atoms with Crippen LogP contribution in [-0.4, -0.2) is 42.5 Å². The van der Waals surface area contributed by atoms with Gasteiger partial charge in [0.15, 0.2) is 5.78 Å². The van der Waals surface area contributed by atoms with Crippen molar-refractivity contribution in [3.63, 3.8) is 0 Å². The predicted molar refractivity (Wildman–Crippen MR) is 123 cm³/mol. The number of carbonyl (C=O) groups excluding carboxylic acids is 2. The highest BCUT2D eigenvalue weighted by Gasteiger charge is 2.42. The first-order valence-electron chi connectivity index (χ1n) is 11.3. The zero-order chi connectivity index (χ0) is 32.4. The molecule has 0 saturated heterocycles. The third kappa shape index (κ3) is 9.63. The van der Waals surface area contributed by atoms with Crippen LogP contribution in [0.1, 0.15) is 51.4 Å². The number of allylic oxidation sites excluding steroid dienone is 1. The molecule has 2 rings (SSSR count). The smallest absolute Gasteiger partial charge is 0.337 e. The maximum atomic E-state index is 14.9. The average Bonchev–Trinajstić information content (AvgIpc) is 2.81. The summed E-state index contributed by atoms with van der Waals surface area (Å²) in [6.07, 6.45) is -22.9. The molecule has 0 radical (unpaired) electrons. The topological polar surface area (TPSA) is 37.4 Å². The maximum absolute atomic E-state index is 14.9. The van der Waals surface area contributed by atoms with Gasteiger partial charge in [0.1, 0.15) is 18.3 Å². The summed E-state index contributed by atoms with van der Waals surface area (Å²) in [6, 6.07) is 1.67. The van der Waals surface area contributed by atoms with E-state index in [1.807, 2.05) is 0 Å². The number of hydrogen-bond donors (Lipinski definition) is 0. The van der Waals surface area contributed by atoms with Gasteiger partial charge in [0.2, 0.25) is 5.91 Å². The molecule has 0 spiro atoms. The van der Waals surface area contributed by atoms with Crippen molar-refractivity contribution in [1.82, 2.24) is 4.90 Å². The van der Waals surface area contributed by atoms with Gasteiger partial charge in [-0.15, -0.1) is 0 Å². The summed E-state index contributed by atoms with van der Waals surface area (Å²) < 4.78 is 174. The first kappa shape index (κ1) is 34.9. The molecule has 0 aliphatic carbocycles. The van der Waals surface area contributed by atoms with Gasteiger partial charge in [-0.3, -0.25) is 9.59 Å².